The Bertz CT molecular complexity index is 958. The van der Waals surface area contributed by atoms with Gasteiger partial charge in [0.25, 0.3) is 0 Å². The summed E-state index contributed by atoms with van der Waals surface area (Å²) in [7, 11) is 3.01. The number of carbonyl (C=O) groups excluding carboxylic acids is 1. The van der Waals surface area contributed by atoms with E-state index >= 15 is 0 Å². The summed E-state index contributed by atoms with van der Waals surface area (Å²) in [6.07, 6.45) is 0. The molecule has 0 fully saturated rings. The number of hydrogen-bond donors (Lipinski definition) is 2. The number of carbonyl (C=O) groups is 1. The molecule has 0 saturated carbocycles. The number of benzene rings is 2. The van der Waals surface area contributed by atoms with E-state index < -0.39 is 0 Å². The van der Waals surface area contributed by atoms with E-state index in [0.29, 0.717) is 23.9 Å². The van der Waals surface area contributed by atoms with Gasteiger partial charge in [0.05, 0.1) is 19.8 Å². The Kier molecular flexibility index (Phi) is 6.06. The minimum atomic E-state index is -0.368. The fourth-order valence-corrected chi connectivity index (χ4v) is 2.69. The van der Waals surface area contributed by atoms with Crippen LogP contribution in [0.1, 0.15) is 21.6 Å². The van der Waals surface area contributed by atoms with Crippen molar-refractivity contribution in [2.24, 2.45) is 0 Å². The van der Waals surface area contributed by atoms with Crippen molar-refractivity contribution in [3.63, 3.8) is 0 Å². The summed E-state index contributed by atoms with van der Waals surface area (Å²) < 4.78 is 10.1. The van der Waals surface area contributed by atoms with Crippen molar-refractivity contribution in [1.29, 1.82) is 0 Å². The van der Waals surface area contributed by atoms with E-state index in [0.717, 1.165) is 22.7 Å². The maximum Gasteiger partial charge on any atom is 0.337 e. The van der Waals surface area contributed by atoms with Gasteiger partial charge in [0.15, 0.2) is 0 Å². The average molecular weight is 378 g/mol. The van der Waals surface area contributed by atoms with E-state index in [1.807, 2.05) is 37.3 Å². The van der Waals surface area contributed by atoms with Crippen molar-refractivity contribution in [2.45, 2.75) is 13.5 Å². The lowest BCUT2D eigenvalue weighted by Gasteiger charge is -2.12. The summed E-state index contributed by atoms with van der Waals surface area (Å²) in [6, 6.07) is 16.6. The van der Waals surface area contributed by atoms with Gasteiger partial charge in [-0.15, -0.1) is 0 Å². The third-order valence-electron chi connectivity index (χ3n) is 4.06. The molecule has 2 N–H and O–H groups in total. The first kappa shape index (κ1) is 19.2. The molecule has 0 radical (unpaired) electrons. The van der Waals surface area contributed by atoms with Crippen LogP contribution in [-0.4, -0.2) is 30.2 Å². The minimum Gasteiger partial charge on any atom is -0.496 e. The van der Waals surface area contributed by atoms with Gasteiger partial charge in [-0.05, 0) is 37.3 Å². The number of anilines is 3. The largest absolute Gasteiger partial charge is 0.496 e. The molecule has 0 amide bonds. The summed E-state index contributed by atoms with van der Waals surface area (Å²) >= 11 is 0. The minimum absolute atomic E-state index is 0.368. The zero-order chi connectivity index (χ0) is 19.9. The number of methoxy groups -OCH3 is 2. The molecule has 0 aliphatic rings. The molecule has 0 bridgehead atoms. The Labute approximate surface area is 163 Å². The van der Waals surface area contributed by atoms with E-state index in [1.165, 1.54) is 7.11 Å². The molecule has 144 valence electrons. The Hall–Kier alpha value is -3.61. The molecule has 0 unspecified atom stereocenters. The second kappa shape index (κ2) is 8.85. The Morgan fingerprint density at radius 2 is 1.79 bits per heavy atom. The highest BCUT2D eigenvalue weighted by atomic mass is 16.5. The Morgan fingerprint density at radius 3 is 2.50 bits per heavy atom. The van der Waals surface area contributed by atoms with Crippen LogP contribution < -0.4 is 15.4 Å². The van der Waals surface area contributed by atoms with Crippen molar-refractivity contribution in [3.05, 3.63) is 71.4 Å². The zero-order valence-electron chi connectivity index (χ0n) is 16.0. The monoisotopic (exact) mass is 378 g/mol. The van der Waals surface area contributed by atoms with E-state index in [2.05, 4.69) is 20.6 Å². The second-order valence-electron chi connectivity index (χ2n) is 6.08. The second-order valence-corrected chi connectivity index (χ2v) is 6.08. The Balaban J connectivity index is 1.71. The molecule has 3 rings (SSSR count). The number of nitrogens with one attached hydrogen (secondary N) is 2. The number of esters is 1. The summed E-state index contributed by atoms with van der Waals surface area (Å²) in [5.74, 6) is 1.61. The third-order valence-corrected chi connectivity index (χ3v) is 4.06. The highest BCUT2D eigenvalue weighted by Crippen LogP contribution is 2.20. The molecule has 1 heterocycles. The lowest BCUT2D eigenvalue weighted by Crippen LogP contribution is -2.07. The molecular weight excluding hydrogens is 356 g/mol. The van der Waals surface area contributed by atoms with Gasteiger partial charge in [-0.25, -0.2) is 9.78 Å². The van der Waals surface area contributed by atoms with E-state index in [1.54, 1.807) is 31.4 Å². The molecule has 28 heavy (non-hydrogen) atoms. The maximum absolute atomic E-state index is 11.5. The van der Waals surface area contributed by atoms with Gasteiger partial charge >= 0.3 is 5.97 Å². The van der Waals surface area contributed by atoms with Crippen LogP contribution in [0.3, 0.4) is 0 Å². The van der Waals surface area contributed by atoms with Crippen LogP contribution in [0.25, 0.3) is 0 Å². The first-order valence-electron chi connectivity index (χ1n) is 8.76. The van der Waals surface area contributed by atoms with Crippen molar-refractivity contribution >= 4 is 23.4 Å². The molecule has 0 aliphatic heterocycles. The number of rotatable bonds is 7. The lowest BCUT2D eigenvalue weighted by atomic mass is 10.2. The highest BCUT2D eigenvalue weighted by Gasteiger charge is 2.07. The van der Waals surface area contributed by atoms with Gasteiger partial charge in [0, 0.05) is 29.6 Å². The molecule has 0 atom stereocenters. The van der Waals surface area contributed by atoms with Crippen molar-refractivity contribution in [3.8, 4) is 5.75 Å². The fraction of sp³-hybridized carbons (Fsp3) is 0.190. The normalized spacial score (nSPS) is 10.2. The van der Waals surface area contributed by atoms with Crippen LogP contribution in [0.5, 0.6) is 5.75 Å². The average Bonchev–Trinajstić information content (AvgIpc) is 2.72. The van der Waals surface area contributed by atoms with Gasteiger partial charge in [-0.2, -0.15) is 4.98 Å². The third kappa shape index (κ3) is 4.76. The summed E-state index contributed by atoms with van der Waals surface area (Å²) in [5.41, 5.74) is 3.14. The molecule has 1 aromatic heterocycles. The van der Waals surface area contributed by atoms with E-state index in [4.69, 9.17) is 9.47 Å². The molecule has 3 aromatic rings. The standard InChI is InChI=1S/C21H22N4O3/c1-14-12-19(24-17-10-8-15(9-11-17)20(26)28-3)25-21(23-14)22-13-16-6-4-5-7-18(16)27-2/h4-12H,13H2,1-3H3,(H2,22,23,24,25). The van der Waals surface area contributed by atoms with Gasteiger partial charge < -0.3 is 20.1 Å². The molecule has 0 spiro atoms. The predicted octanol–water partition coefficient (Wildman–Crippen LogP) is 3.94. The number of ether oxygens (including phenoxy) is 2. The molecular formula is C21H22N4O3. The summed E-state index contributed by atoms with van der Waals surface area (Å²) in [6.45, 7) is 2.45. The summed E-state index contributed by atoms with van der Waals surface area (Å²) in [4.78, 5) is 20.5. The van der Waals surface area contributed by atoms with Gasteiger partial charge in [-0.1, -0.05) is 18.2 Å². The maximum atomic E-state index is 11.5. The number of aromatic nitrogens is 2. The number of para-hydroxylation sites is 1. The Morgan fingerprint density at radius 1 is 1.04 bits per heavy atom. The first-order valence-corrected chi connectivity index (χ1v) is 8.76. The highest BCUT2D eigenvalue weighted by molar-refractivity contribution is 5.89. The van der Waals surface area contributed by atoms with Gasteiger partial charge in [0.2, 0.25) is 5.95 Å². The van der Waals surface area contributed by atoms with Crippen LogP contribution in [0.15, 0.2) is 54.6 Å². The molecule has 7 heteroatoms. The molecule has 2 aromatic carbocycles. The SMILES string of the molecule is COC(=O)c1ccc(Nc2cc(C)nc(NCc3ccccc3OC)n2)cc1. The van der Waals surface area contributed by atoms with Crippen LogP contribution >= 0.6 is 0 Å². The van der Waals surface area contributed by atoms with E-state index in [-0.39, 0.29) is 5.97 Å². The van der Waals surface area contributed by atoms with Crippen molar-refractivity contribution in [1.82, 2.24) is 9.97 Å². The van der Waals surface area contributed by atoms with Crippen LogP contribution in [0.4, 0.5) is 17.5 Å². The molecule has 0 saturated heterocycles. The smallest absolute Gasteiger partial charge is 0.337 e. The summed E-state index contributed by atoms with van der Waals surface area (Å²) in [5, 5.41) is 6.45. The van der Waals surface area contributed by atoms with Gasteiger partial charge in [-0.3, -0.25) is 0 Å². The van der Waals surface area contributed by atoms with E-state index in [9.17, 15) is 4.79 Å². The number of hydrogen-bond acceptors (Lipinski definition) is 7. The zero-order valence-corrected chi connectivity index (χ0v) is 16.0. The topological polar surface area (TPSA) is 85.4 Å². The van der Waals surface area contributed by atoms with Crippen LogP contribution in [0, 0.1) is 6.92 Å². The lowest BCUT2D eigenvalue weighted by molar-refractivity contribution is 0.0601. The van der Waals surface area contributed by atoms with Crippen LogP contribution in [0.2, 0.25) is 0 Å². The predicted molar refractivity (Wildman–Crippen MR) is 108 cm³/mol. The van der Waals surface area contributed by atoms with Crippen molar-refractivity contribution in [2.75, 3.05) is 24.9 Å². The van der Waals surface area contributed by atoms with Gasteiger partial charge in [0.1, 0.15) is 11.6 Å². The molecule has 0 aliphatic carbocycles. The quantitative estimate of drug-likeness (QED) is 0.602. The van der Waals surface area contributed by atoms with Crippen molar-refractivity contribution < 1.29 is 14.3 Å². The number of nitrogens with zero attached hydrogens (tertiary/aromatic N) is 2. The number of aryl methyl sites for hydroxylation is 1. The molecule has 7 nitrogen and oxygen atoms in total. The fourth-order valence-electron chi connectivity index (χ4n) is 2.69. The van der Waals surface area contributed by atoms with Crippen LogP contribution in [-0.2, 0) is 11.3 Å². The first-order chi connectivity index (χ1) is 13.6.